The van der Waals surface area contributed by atoms with E-state index in [0.717, 1.165) is 10.2 Å². The molecule has 0 aliphatic rings. The van der Waals surface area contributed by atoms with E-state index in [9.17, 15) is 9.18 Å². The maximum atomic E-state index is 13.8. The summed E-state index contributed by atoms with van der Waals surface area (Å²) >= 11 is 1.51. The molecule has 0 unspecified atom stereocenters. The molecule has 0 N–H and O–H groups in total. The van der Waals surface area contributed by atoms with Crippen molar-refractivity contribution in [3.8, 4) is 0 Å². The number of likely N-dealkylation sites (N-methyl/N-ethyl adjacent to an activating group) is 2. The Bertz CT molecular complexity index is 847. The number of nitrogens with zero attached hydrogens (tertiary/aromatic N) is 3. The van der Waals surface area contributed by atoms with Crippen LogP contribution in [0.15, 0.2) is 48.5 Å². The molecule has 25 heavy (non-hydrogen) atoms. The predicted octanol–water partition coefficient (Wildman–Crippen LogP) is 3.92. The van der Waals surface area contributed by atoms with Crippen LogP contribution in [0.3, 0.4) is 0 Å². The first-order chi connectivity index (χ1) is 12.1. The molecule has 1 heterocycles. The first-order valence-corrected chi connectivity index (χ1v) is 8.98. The standard InChI is InChI=1S/C19H20FN3OS/c1-3-23(19-21-16-10-6-7-11-17(16)25-19)18(24)13-22(2)12-14-8-4-5-9-15(14)20/h4-11H,3,12-13H2,1-2H3. The SMILES string of the molecule is CCN(C(=O)CN(C)Cc1ccccc1F)c1nc2ccccc2s1. The number of amides is 1. The second-order valence-electron chi connectivity index (χ2n) is 5.87. The summed E-state index contributed by atoms with van der Waals surface area (Å²) in [5, 5.41) is 0.702. The number of aromatic nitrogens is 1. The number of thiazole rings is 1. The largest absolute Gasteiger partial charge is 0.293 e. The number of hydrogen-bond acceptors (Lipinski definition) is 4. The molecular formula is C19H20FN3OS. The fraction of sp³-hybridized carbons (Fsp3) is 0.263. The van der Waals surface area contributed by atoms with Gasteiger partial charge < -0.3 is 0 Å². The summed E-state index contributed by atoms with van der Waals surface area (Å²) in [7, 11) is 1.82. The zero-order chi connectivity index (χ0) is 17.8. The van der Waals surface area contributed by atoms with Gasteiger partial charge in [-0.3, -0.25) is 14.6 Å². The van der Waals surface area contributed by atoms with Gasteiger partial charge in [-0.1, -0.05) is 41.7 Å². The van der Waals surface area contributed by atoms with E-state index in [2.05, 4.69) is 4.98 Å². The van der Waals surface area contributed by atoms with Crippen molar-refractivity contribution in [2.45, 2.75) is 13.5 Å². The third kappa shape index (κ3) is 4.03. The van der Waals surface area contributed by atoms with E-state index in [1.54, 1.807) is 23.1 Å². The number of fused-ring (bicyclic) bond motifs is 1. The van der Waals surface area contributed by atoms with Gasteiger partial charge in [0.25, 0.3) is 0 Å². The Morgan fingerprint density at radius 2 is 1.88 bits per heavy atom. The third-order valence-corrected chi connectivity index (χ3v) is 4.99. The summed E-state index contributed by atoms with van der Waals surface area (Å²) in [5.74, 6) is -0.291. The Labute approximate surface area is 150 Å². The van der Waals surface area contributed by atoms with Crippen molar-refractivity contribution in [2.24, 2.45) is 0 Å². The predicted molar refractivity (Wildman–Crippen MR) is 100 cm³/mol. The van der Waals surface area contributed by atoms with Gasteiger partial charge in [-0.25, -0.2) is 9.37 Å². The molecule has 2 aromatic carbocycles. The van der Waals surface area contributed by atoms with Gasteiger partial charge >= 0.3 is 0 Å². The lowest BCUT2D eigenvalue weighted by molar-refractivity contribution is -0.119. The average Bonchev–Trinajstić information content (AvgIpc) is 3.01. The molecule has 0 fully saturated rings. The van der Waals surface area contributed by atoms with Gasteiger partial charge in [-0.2, -0.15) is 0 Å². The molecule has 1 amide bonds. The van der Waals surface area contributed by atoms with Gasteiger partial charge in [0.1, 0.15) is 5.82 Å². The number of rotatable bonds is 6. The minimum absolute atomic E-state index is 0.0413. The summed E-state index contributed by atoms with van der Waals surface area (Å²) in [5.41, 5.74) is 1.48. The molecule has 0 saturated heterocycles. The molecule has 0 saturated carbocycles. The summed E-state index contributed by atoms with van der Waals surface area (Å²) < 4.78 is 14.8. The molecule has 4 nitrogen and oxygen atoms in total. The highest BCUT2D eigenvalue weighted by atomic mass is 32.1. The number of halogens is 1. The Hall–Kier alpha value is -2.31. The van der Waals surface area contributed by atoms with Crippen LogP contribution in [0.4, 0.5) is 9.52 Å². The van der Waals surface area contributed by atoms with Crippen LogP contribution >= 0.6 is 11.3 Å². The van der Waals surface area contributed by atoms with Crippen molar-refractivity contribution in [3.05, 3.63) is 59.9 Å². The first kappa shape index (κ1) is 17.5. The van der Waals surface area contributed by atoms with Crippen LogP contribution in [0.5, 0.6) is 0 Å². The summed E-state index contributed by atoms with van der Waals surface area (Å²) in [6, 6.07) is 14.5. The lowest BCUT2D eigenvalue weighted by atomic mass is 10.2. The highest BCUT2D eigenvalue weighted by Gasteiger charge is 2.19. The van der Waals surface area contributed by atoms with Crippen molar-refractivity contribution in [3.63, 3.8) is 0 Å². The van der Waals surface area contributed by atoms with Crippen molar-refractivity contribution in [1.29, 1.82) is 0 Å². The van der Waals surface area contributed by atoms with E-state index in [-0.39, 0.29) is 18.3 Å². The molecule has 0 spiro atoms. The van der Waals surface area contributed by atoms with Gasteiger partial charge in [0, 0.05) is 18.7 Å². The second-order valence-corrected chi connectivity index (χ2v) is 6.87. The number of carbonyl (C=O) groups is 1. The normalized spacial score (nSPS) is 11.2. The van der Waals surface area contributed by atoms with Gasteiger partial charge in [0.15, 0.2) is 5.13 Å². The minimum atomic E-state index is -0.250. The van der Waals surface area contributed by atoms with Gasteiger partial charge in [-0.05, 0) is 32.2 Å². The van der Waals surface area contributed by atoms with Crippen LogP contribution in [0, 0.1) is 5.82 Å². The number of anilines is 1. The maximum absolute atomic E-state index is 13.8. The molecular weight excluding hydrogens is 337 g/mol. The van der Waals surface area contributed by atoms with E-state index in [1.165, 1.54) is 17.4 Å². The van der Waals surface area contributed by atoms with E-state index in [0.29, 0.717) is 23.8 Å². The van der Waals surface area contributed by atoms with Crippen LogP contribution in [-0.2, 0) is 11.3 Å². The fourth-order valence-corrected chi connectivity index (χ4v) is 3.73. The fourth-order valence-electron chi connectivity index (χ4n) is 2.68. The van der Waals surface area contributed by atoms with Crippen molar-refractivity contribution >= 4 is 32.6 Å². The van der Waals surface area contributed by atoms with E-state index >= 15 is 0 Å². The van der Waals surface area contributed by atoms with Crippen LogP contribution < -0.4 is 4.90 Å². The molecule has 3 rings (SSSR count). The zero-order valence-corrected chi connectivity index (χ0v) is 15.1. The first-order valence-electron chi connectivity index (χ1n) is 8.16. The lowest BCUT2D eigenvalue weighted by Crippen LogP contribution is -2.38. The van der Waals surface area contributed by atoms with E-state index in [4.69, 9.17) is 0 Å². The van der Waals surface area contributed by atoms with Crippen molar-refractivity contribution < 1.29 is 9.18 Å². The molecule has 3 aromatic rings. The van der Waals surface area contributed by atoms with Crippen molar-refractivity contribution in [1.82, 2.24) is 9.88 Å². The molecule has 0 aliphatic heterocycles. The second kappa shape index (κ2) is 7.72. The quantitative estimate of drug-likeness (QED) is 0.671. The van der Waals surface area contributed by atoms with Crippen LogP contribution in [0.1, 0.15) is 12.5 Å². The average molecular weight is 357 g/mol. The van der Waals surface area contributed by atoms with Crippen molar-refractivity contribution in [2.75, 3.05) is 25.0 Å². The number of benzene rings is 2. The molecule has 0 aliphatic carbocycles. The smallest absolute Gasteiger partial charge is 0.242 e. The van der Waals surface area contributed by atoms with E-state index in [1.807, 2.05) is 43.1 Å². The summed E-state index contributed by atoms with van der Waals surface area (Å²) in [4.78, 5) is 20.7. The van der Waals surface area contributed by atoms with Gasteiger partial charge in [-0.15, -0.1) is 0 Å². The Morgan fingerprint density at radius 1 is 1.16 bits per heavy atom. The van der Waals surface area contributed by atoms with Gasteiger partial charge in [0.05, 0.1) is 16.8 Å². The molecule has 6 heteroatoms. The summed E-state index contributed by atoms with van der Waals surface area (Å²) in [6.07, 6.45) is 0. The number of carbonyl (C=O) groups excluding carboxylic acids is 1. The third-order valence-electron chi connectivity index (χ3n) is 3.93. The molecule has 0 radical (unpaired) electrons. The molecule has 1 aromatic heterocycles. The number of hydrogen-bond donors (Lipinski definition) is 0. The lowest BCUT2D eigenvalue weighted by Gasteiger charge is -2.22. The topological polar surface area (TPSA) is 36.4 Å². The van der Waals surface area contributed by atoms with E-state index < -0.39 is 0 Å². The van der Waals surface area contributed by atoms with Gasteiger partial charge in [0.2, 0.25) is 5.91 Å². The number of para-hydroxylation sites is 1. The highest BCUT2D eigenvalue weighted by molar-refractivity contribution is 7.22. The van der Waals surface area contributed by atoms with Crippen LogP contribution in [0.2, 0.25) is 0 Å². The van der Waals surface area contributed by atoms with Crippen LogP contribution in [-0.4, -0.2) is 35.9 Å². The molecule has 0 atom stereocenters. The molecule has 130 valence electrons. The Morgan fingerprint density at radius 3 is 2.60 bits per heavy atom. The van der Waals surface area contributed by atoms with Crippen LogP contribution in [0.25, 0.3) is 10.2 Å². The highest BCUT2D eigenvalue weighted by Crippen LogP contribution is 2.28. The molecule has 0 bridgehead atoms. The zero-order valence-electron chi connectivity index (χ0n) is 14.3. The maximum Gasteiger partial charge on any atom is 0.242 e. The monoisotopic (exact) mass is 357 g/mol. The Balaban J connectivity index is 1.70. The summed E-state index contributed by atoms with van der Waals surface area (Å²) in [6.45, 7) is 3.07. The Kier molecular flexibility index (Phi) is 5.40. The minimum Gasteiger partial charge on any atom is -0.293 e.